The van der Waals surface area contributed by atoms with Gasteiger partial charge in [-0.05, 0) is 31.2 Å². The molecule has 0 aliphatic heterocycles. The molecule has 2 rings (SSSR count). The smallest absolute Gasteiger partial charge is 0.151 e. The number of benzene rings is 1. The Balaban J connectivity index is 2.13. The van der Waals surface area contributed by atoms with Crippen molar-refractivity contribution < 1.29 is 8.78 Å². The maximum Gasteiger partial charge on any atom is 0.151 e. The highest BCUT2D eigenvalue weighted by molar-refractivity contribution is 5.33. The zero-order valence-electron chi connectivity index (χ0n) is 10.2. The van der Waals surface area contributed by atoms with Crippen LogP contribution in [0.4, 0.5) is 8.78 Å². The molecule has 0 saturated carbocycles. The zero-order valence-corrected chi connectivity index (χ0v) is 10.2. The third kappa shape index (κ3) is 2.92. The lowest BCUT2D eigenvalue weighted by molar-refractivity contribution is 0.572. The van der Waals surface area contributed by atoms with E-state index in [1.54, 1.807) is 6.20 Å². The molecule has 0 aliphatic rings. The van der Waals surface area contributed by atoms with Gasteiger partial charge in [-0.25, -0.2) is 13.5 Å². The molecule has 0 bridgehead atoms. The van der Waals surface area contributed by atoms with Crippen LogP contribution in [-0.4, -0.2) is 16.3 Å². The molecule has 1 heterocycles. The predicted octanol–water partition coefficient (Wildman–Crippen LogP) is 2.65. The predicted molar refractivity (Wildman–Crippen MR) is 65.5 cm³/mol. The molecule has 5 heteroatoms. The maximum atomic E-state index is 13.5. The van der Waals surface area contributed by atoms with Crippen LogP contribution in [0.2, 0.25) is 0 Å². The summed E-state index contributed by atoms with van der Waals surface area (Å²) in [5.41, 5.74) is 1.07. The van der Waals surface area contributed by atoms with Gasteiger partial charge in [0.05, 0.1) is 5.69 Å². The van der Waals surface area contributed by atoms with Gasteiger partial charge in [-0.1, -0.05) is 6.92 Å². The fraction of sp³-hybridized carbons (Fsp3) is 0.308. The highest BCUT2D eigenvalue weighted by atomic mass is 19.1. The van der Waals surface area contributed by atoms with Crippen molar-refractivity contribution in [3.05, 3.63) is 47.8 Å². The molecule has 0 aliphatic carbocycles. The molecule has 1 aromatic carbocycles. The number of aromatic nitrogens is 2. The molecular formula is C13H15F2N3. The Morgan fingerprint density at radius 3 is 2.83 bits per heavy atom. The van der Waals surface area contributed by atoms with Gasteiger partial charge in [0.15, 0.2) is 5.82 Å². The molecule has 0 atom stereocenters. The minimum atomic E-state index is -0.619. The fourth-order valence-electron chi connectivity index (χ4n) is 1.65. The van der Waals surface area contributed by atoms with Crippen LogP contribution >= 0.6 is 0 Å². The molecule has 1 N–H and O–H groups in total. The Hall–Kier alpha value is -1.75. The minimum Gasteiger partial charge on any atom is -0.311 e. The van der Waals surface area contributed by atoms with E-state index < -0.39 is 11.6 Å². The zero-order chi connectivity index (χ0) is 13.0. The molecule has 96 valence electrons. The van der Waals surface area contributed by atoms with Crippen molar-refractivity contribution in [2.45, 2.75) is 19.9 Å². The SMILES string of the molecule is CCCNCc1ccn(-c2ccc(F)cc2F)n1. The first kappa shape index (κ1) is 12.7. The Kier molecular flexibility index (Phi) is 4.04. The van der Waals surface area contributed by atoms with Gasteiger partial charge in [-0.2, -0.15) is 5.10 Å². The Morgan fingerprint density at radius 1 is 1.28 bits per heavy atom. The molecule has 0 spiro atoms. The third-order valence-corrected chi connectivity index (χ3v) is 2.53. The number of hydrogen-bond donors (Lipinski definition) is 1. The van der Waals surface area contributed by atoms with E-state index in [0.717, 1.165) is 24.7 Å². The van der Waals surface area contributed by atoms with Crippen LogP contribution in [0, 0.1) is 11.6 Å². The van der Waals surface area contributed by atoms with Gasteiger partial charge in [0.2, 0.25) is 0 Å². The second-order valence-corrected chi connectivity index (χ2v) is 4.02. The summed E-state index contributed by atoms with van der Waals surface area (Å²) in [6, 6.07) is 5.26. The topological polar surface area (TPSA) is 29.9 Å². The second kappa shape index (κ2) is 5.73. The highest BCUT2D eigenvalue weighted by Crippen LogP contribution is 2.14. The number of nitrogens with one attached hydrogen (secondary N) is 1. The van der Waals surface area contributed by atoms with Crippen LogP contribution in [0.25, 0.3) is 5.69 Å². The van der Waals surface area contributed by atoms with Gasteiger partial charge in [0, 0.05) is 18.8 Å². The molecule has 0 unspecified atom stereocenters. The molecular weight excluding hydrogens is 236 g/mol. The van der Waals surface area contributed by atoms with Crippen molar-refractivity contribution in [2.75, 3.05) is 6.54 Å². The van der Waals surface area contributed by atoms with Crippen molar-refractivity contribution >= 4 is 0 Å². The third-order valence-electron chi connectivity index (χ3n) is 2.53. The summed E-state index contributed by atoms with van der Waals surface area (Å²) in [6.45, 7) is 3.64. The summed E-state index contributed by atoms with van der Waals surface area (Å²) in [5.74, 6) is -1.21. The van der Waals surface area contributed by atoms with Crippen LogP contribution in [-0.2, 0) is 6.54 Å². The molecule has 18 heavy (non-hydrogen) atoms. The Bertz CT molecular complexity index is 523. The first-order chi connectivity index (χ1) is 8.70. The van der Waals surface area contributed by atoms with Crippen LogP contribution in [0.3, 0.4) is 0 Å². The summed E-state index contributed by atoms with van der Waals surface area (Å²) in [6.07, 6.45) is 2.71. The van der Waals surface area contributed by atoms with Crippen LogP contribution in [0.1, 0.15) is 19.0 Å². The number of halogens is 2. The monoisotopic (exact) mass is 251 g/mol. The van der Waals surface area contributed by atoms with Crippen LogP contribution in [0.5, 0.6) is 0 Å². The lowest BCUT2D eigenvalue weighted by atomic mass is 10.3. The van der Waals surface area contributed by atoms with E-state index in [0.29, 0.717) is 6.54 Å². The van der Waals surface area contributed by atoms with E-state index in [-0.39, 0.29) is 5.69 Å². The molecule has 1 aromatic heterocycles. The van der Waals surface area contributed by atoms with Crippen LogP contribution < -0.4 is 5.32 Å². The first-order valence-electron chi connectivity index (χ1n) is 5.91. The van der Waals surface area contributed by atoms with E-state index in [2.05, 4.69) is 17.3 Å². The van der Waals surface area contributed by atoms with E-state index >= 15 is 0 Å². The largest absolute Gasteiger partial charge is 0.311 e. The van der Waals surface area contributed by atoms with E-state index in [1.807, 2.05) is 6.07 Å². The van der Waals surface area contributed by atoms with E-state index in [1.165, 1.54) is 16.8 Å². The number of nitrogens with zero attached hydrogens (tertiary/aromatic N) is 2. The van der Waals surface area contributed by atoms with Gasteiger partial charge >= 0.3 is 0 Å². The normalized spacial score (nSPS) is 10.8. The summed E-state index contributed by atoms with van der Waals surface area (Å²) in [7, 11) is 0. The van der Waals surface area contributed by atoms with Crippen molar-refractivity contribution in [2.24, 2.45) is 0 Å². The van der Waals surface area contributed by atoms with Crippen LogP contribution in [0.15, 0.2) is 30.5 Å². The van der Waals surface area contributed by atoms with Gasteiger partial charge in [-0.3, -0.25) is 0 Å². The lowest BCUT2D eigenvalue weighted by Crippen LogP contribution is -2.14. The van der Waals surface area contributed by atoms with E-state index in [9.17, 15) is 8.78 Å². The Labute approximate surface area is 104 Å². The van der Waals surface area contributed by atoms with Crippen molar-refractivity contribution in [3.8, 4) is 5.69 Å². The second-order valence-electron chi connectivity index (χ2n) is 4.02. The average molecular weight is 251 g/mol. The fourth-order valence-corrected chi connectivity index (χ4v) is 1.65. The van der Waals surface area contributed by atoms with Gasteiger partial charge < -0.3 is 5.32 Å². The quantitative estimate of drug-likeness (QED) is 0.828. The van der Waals surface area contributed by atoms with Gasteiger partial charge in [0.1, 0.15) is 11.5 Å². The van der Waals surface area contributed by atoms with E-state index in [4.69, 9.17) is 0 Å². The maximum absolute atomic E-state index is 13.5. The number of hydrogen-bond acceptors (Lipinski definition) is 2. The highest BCUT2D eigenvalue weighted by Gasteiger charge is 2.07. The Morgan fingerprint density at radius 2 is 2.11 bits per heavy atom. The summed E-state index contributed by atoms with van der Waals surface area (Å²) in [4.78, 5) is 0. The average Bonchev–Trinajstić information content (AvgIpc) is 2.78. The molecule has 0 fully saturated rings. The molecule has 3 nitrogen and oxygen atoms in total. The number of rotatable bonds is 5. The molecule has 0 amide bonds. The first-order valence-corrected chi connectivity index (χ1v) is 5.91. The minimum absolute atomic E-state index is 0.248. The lowest BCUT2D eigenvalue weighted by Gasteiger charge is -2.03. The molecule has 0 saturated heterocycles. The molecule has 0 radical (unpaired) electrons. The summed E-state index contributed by atoms with van der Waals surface area (Å²) in [5, 5.41) is 7.44. The standard InChI is InChI=1S/C13H15F2N3/c1-2-6-16-9-11-5-7-18(17-11)13-4-3-10(14)8-12(13)15/h3-5,7-8,16H,2,6,9H2,1H3. The molecule has 2 aromatic rings. The van der Waals surface area contributed by atoms with Crippen molar-refractivity contribution in [1.29, 1.82) is 0 Å². The summed E-state index contributed by atoms with van der Waals surface area (Å²) < 4.78 is 27.7. The van der Waals surface area contributed by atoms with Gasteiger partial charge in [0.25, 0.3) is 0 Å². The van der Waals surface area contributed by atoms with Crippen molar-refractivity contribution in [3.63, 3.8) is 0 Å². The van der Waals surface area contributed by atoms with Crippen molar-refractivity contribution in [1.82, 2.24) is 15.1 Å². The van der Waals surface area contributed by atoms with Gasteiger partial charge in [-0.15, -0.1) is 0 Å². The summed E-state index contributed by atoms with van der Waals surface area (Å²) >= 11 is 0.